The molecule has 3 heterocycles. The Bertz CT molecular complexity index is 1550. The quantitative estimate of drug-likeness (QED) is 0.128. The van der Waals surface area contributed by atoms with Crippen LogP contribution in [-0.2, 0) is 9.47 Å². The van der Waals surface area contributed by atoms with Crippen molar-refractivity contribution in [3.63, 3.8) is 0 Å². The zero-order valence-corrected chi connectivity index (χ0v) is 23.0. The highest BCUT2D eigenvalue weighted by atomic mass is 16.7. The van der Waals surface area contributed by atoms with E-state index in [4.69, 9.17) is 23.4 Å². The van der Waals surface area contributed by atoms with Crippen molar-refractivity contribution in [3.05, 3.63) is 46.6 Å². The van der Waals surface area contributed by atoms with Crippen molar-refractivity contribution >= 4 is 11.0 Å². The van der Waals surface area contributed by atoms with Gasteiger partial charge in [-0.25, -0.2) is 0 Å². The largest absolute Gasteiger partial charge is 0.507 e. The number of phenols is 2. The average molecular weight is 625 g/mol. The van der Waals surface area contributed by atoms with Crippen molar-refractivity contribution in [3.8, 4) is 34.3 Å². The van der Waals surface area contributed by atoms with E-state index in [0.717, 1.165) is 18.2 Å². The fraction of sp³-hybridized carbons (Fsp3) is 0.464. The minimum atomic E-state index is -2.79. The van der Waals surface area contributed by atoms with E-state index in [1.54, 1.807) is 0 Å². The lowest BCUT2D eigenvalue weighted by Crippen LogP contribution is -2.77. The van der Waals surface area contributed by atoms with Gasteiger partial charge in [-0.15, -0.1) is 0 Å². The zero-order chi connectivity index (χ0) is 32.1. The van der Waals surface area contributed by atoms with Gasteiger partial charge in [0.2, 0.25) is 0 Å². The monoisotopic (exact) mass is 624 g/mol. The molecule has 0 amide bonds. The molecular formula is C28H32O16. The van der Waals surface area contributed by atoms with E-state index in [-0.39, 0.29) is 28.2 Å². The van der Waals surface area contributed by atoms with Crippen molar-refractivity contribution < 1.29 is 74.4 Å². The first-order valence-electron chi connectivity index (χ1n) is 13.4. The summed E-state index contributed by atoms with van der Waals surface area (Å²) in [5.41, 5.74) is -0.645. The number of aliphatic hydroxyl groups excluding tert-OH is 8. The smallest absolute Gasteiger partial charge is 0.268 e. The Kier molecular flexibility index (Phi) is 8.76. The number of hydrogen-bond donors (Lipinski definition) is 10. The Hall–Kier alpha value is -3.55. The number of aromatic hydroxyl groups is 2. The van der Waals surface area contributed by atoms with Crippen molar-refractivity contribution in [1.29, 1.82) is 0 Å². The van der Waals surface area contributed by atoms with Crippen molar-refractivity contribution in [1.82, 2.24) is 0 Å². The van der Waals surface area contributed by atoms with Gasteiger partial charge in [0.1, 0.15) is 71.0 Å². The summed E-state index contributed by atoms with van der Waals surface area (Å²) in [6.07, 6.45) is -17.4. The summed E-state index contributed by atoms with van der Waals surface area (Å²) >= 11 is 0. The number of benzene rings is 2. The summed E-state index contributed by atoms with van der Waals surface area (Å²) in [5, 5.41) is 104. The molecule has 16 nitrogen and oxygen atoms in total. The number of rotatable bonds is 7. The van der Waals surface area contributed by atoms with Crippen molar-refractivity contribution in [2.45, 2.75) is 60.7 Å². The van der Waals surface area contributed by atoms with Crippen LogP contribution in [0.15, 0.2) is 45.6 Å². The Morgan fingerprint density at radius 1 is 0.818 bits per heavy atom. The van der Waals surface area contributed by atoms with Gasteiger partial charge in [0.05, 0.1) is 20.3 Å². The van der Waals surface area contributed by atoms with E-state index in [2.05, 4.69) is 0 Å². The molecule has 0 spiro atoms. The van der Waals surface area contributed by atoms with Gasteiger partial charge >= 0.3 is 0 Å². The third-order valence-electron chi connectivity index (χ3n) is 7.80. The van der Waals surface area contributed by atoms with Gasteiger partial charge in [0, 0.05) is 23.8 Å². The lowest BCUT2D eigenvalue weighted by Gasteiger charge is -2.54. The van der Waals surface area contributed by atoms with Crippen LogP contribution in [0.1, 0.15) is 0 Å². The molecule has 2 saturated heterocycles. The third kappa shape index (κ3) is 5.24. The highest BCUT2D eigenvalue weighted by molar-refractivity contribution is 5.86. The van der Waals surface area contributed by atoms with E-state index in [1.807, 2.05) is 0 Å². The zero-order valence-electron chi connectivity index (χ0n) is 23.0. The second-order valence-corrected chi connectivity index (χ2v) is 10.5. The first-order valence-corrected chi connectivity index (χ1v) is 13.4. The predicted octanol–water partition coefficient (Wildman–Crippen LogP) is -2.73. The van der Waals surface area contributed by atoms with Crippen LogP contribution < -0.4 is 14.9 Å². The topological polar surface area (TPSA) is 269 Å². The molecule has 2 fully saturated rings. The van der Waals surface area contributed by atoms with Gasteiger partial charge in [0.15, 0.2) is 29.1 Å². The third-order valence-corrected chi connectivity index (χ3v) is 7.80. The van der Waals surface area contributed by atoms with Crippen LogP contribution in [0.2, 0.25) is 0 Å². The van der Waals surface area contributed by atoms with Gasteiger partial charge in [-0.05, 0) is 18.2 Å². The molecule has 2 aliphatic rings. The molecule has 16 heteroatoms. The summed E-state index contributed by atoms with van der Waals surface area (Å²) in [5.74, 6) is -4.00. The Balaban J connectivity index is 1.65. The molecule has 0 bridgehead atoms. The number of ether oxygens (including phenoxy) is 4. The highest BCUT2D eigenvalue weighted by Gasteiger charge is 2.65. The van der Waals surface area contributed by atoms with Gasteiger partial charge in [-0.1, -0.05) is 0 Å². The highest BCUT2D eigenvalue weighted by Crippen LogP contribution is 2.42. The van der Waals surface area contributed by atoms with Crippen molar-refractivity contribution in [2.24, 2.45) is 0 Å². The molecule has 5 rings (SSSR count). The molecule has 0 saturated carbocycles. The number of methoxy groups -OCH3 is 1. The van der Waals surface area contributed by atoms with Crippen LogP contribution in [0.5, 0.6) is 23.0 Å². The molecule has 0 radical (unpaired) electrons. The second-order valence-electron chi connectivity index (χ2n) is 10.5. The summed E-state index contributed by atoms with van der Waals surface area (Å²) < 4.78 is 28.2. The molecule has 0 unspecified atom stereocenters. The standard InChI is InChI=1S/C28H32O16/c1-40-16-4-10(2-3-12(16)31)15-7-14(33)20-13(32)5-11(6-17(20)41-15)43-28(26(39)24(37)22(35)19(9-30)44-28)27-25(38)23(36)21(34)18(8-29)42-27/h2-7,18-19,21-27,29-32,34-39H,8-9H2,1H3/t18-,19-,21+,22-,23+,24-,25-,26-,27-,28+/m0/s1. The minimum absolute atomic E-state index is 0.0196. The molecule has 1 aromatic heterocycles. The van der Waals surface area contributed by atoms with Gasteiger partial charge < -0.3 is 74.4 Å². The van der Waals surface area contributed by atoms with Crippen LogP contribution in [0, 0.1) is 0 Å². The molecule has 10 N–H and O–H groups in total. The summed E-state index contributed by atoms with van der Waals surface area (Å²) in [6.45, 7) is -1.82. The molecule has 240 valence electrons. The van der Waals surface area contributed by atoms with Crippen LogP contribution >= 0.6 is 0 Å². The molecule has 0 aliphatic carbocycles. The molecule has 2 aliphatic heterocycles. The predicted molar refractivity (Wildman–Crippen MR) is 145 cm³/mol. The van der Waals surface area contributed by atoms with Crippen LogP contribution in [0.3, 0.4) is 0 Å². The van der Waals surface area contributed by atoms with Gasteiger partial charge in [-0.3, -0.25) is 4.79 Å². The van der Waals surface area contributed by atoms with Crippen LogP contribution in [0.4, 0.5) is 0 Å². The first kappa shape index (κ1) is 31.9. The van der Waals surface area contributed by atoms with Crippen molar-refractivity contribution in [2.75, 3.05) is 20.3 Å². The average Bonchev–Trinajstić information content (AvgIpc) is 3.00. The van der Waals surface area contributed by atoms with E-state index < -0.39 is 90.9 Å². The normalized spacial score (nSPS) is 34.2. The number of fused-ring (bicyclic) bond motifs is 1. The lowest BCUT2D eigenvalue weighted by molar-refractivity contribution is -0.396. The number of aliphatic hydroxyl groups is 8. The maximum atomic E-state index is 13.0. The number of phenolic OH excluding ortho intramolecular Hbond substituents is 2. The van der Waals surface area contributed by atoms with E-state index in [1.165, 1.54) is 25.3 Å². The molecule has 3 aromatic rings. The Labute approximate surface area is 247 Å². The second kappa shape index (κ2) is 12.1. The molecule has 10 atom stereocenters. The van der Waals surface area contributed by atoms with Gasteiger partial charge in [-0.2, -0.15) is 0 Å². The minimum Gasteiger partial charge on any atom is -0.507 e. The Morgan fingerprint density at radius 2 is 1.50 bits per heavy atom. The Morgan fingerprint density at radius 3 is 2.16 bits per heavy atom. The maximum Gasteiger partial charge on any atom is 0.268 e. The van der Waals surface area contributed by atoms with Gasteiger partial charge in [0.25, 0.3) is 5.79 Å². The lowest BCUT2D eigenvalue weighted by atomic mass is 9.83. The molecule has 2 aromatic carbocycles. The summed E-state index contributed by atoms with van der Waals surface area (Å²) in [6, 6.07) is 7.21. The fourth-order valence-corrected chi connectivity index (χ4v) is 5.44. The van der Waals surface area contributed by atoms with E-state index in [9.17, 15) is 55.9 Å². The maximum absolute atomic E-state index is 13.0. The first-order chi connectivity index (χ1) is 20.9. The fourth-order valence-electron chi connectivity index (χ4n) is 5.44. The van der Waals surface area contributed by atoms with E-state index >= 15 is 0 Å². The SMILES string of the molecule is COc1cc(-c2cc(=O)c3c(O)cc(O[C@@]4([C@H]5O[C@@H](CO)[C@@H](O)[C@@H](O)[C@@H]5O)O[C@@H](CO)[C@H](O)[C@H](O)[C@@H]4O)cc3o2)ccc1O. The van der Waals surface area contributed by atoms with Crippen LogP contribution in [-0.4, -0.2) is 132 Å². The summed E-state index contributed by atoms with van der Waals surface area (Å²) in [7, 11) is 1.32. The summed E-state index contributed by atoms with van der Waals surface area (Å²) in [4.78, 5) is 13.0. The molecular weight excluding hydrogens is 592 g/mol. The van der Waals surface area contributed by atoms with E-state index in [0.29, 0.717) is 5.56 Å². The number of hydrogen-bond acceptors (Lipinski definition) is 16. The molecule has 44 heavy (non-hydrogen) atoms. The van der Waals surface area contributed by atoms with Crippen LogP contribution in [0.25, 0.3) is 22.3 Å².